The summed E-state index contributed by atoms with van der Waals surface area (Å²) in [5.41, 5.74) is 13.5. The predicted octanol–water partition coefficient (Wildman–Crippen LogP) is 17.0. The maximum Gasteiger partial charge on any atom is 0.159 e. The van der Waals surface area contributed by atoms with Crippen molar-refractivity contribution in [2.24, 2.45) is 0 Å². The van der Waals surface area contributed by atoms with Crippen molar-refractivity contribution in [2.45, 2.75) is 33.1 Å². The Morgan fingerprint density at radius 2 is 0.903 bits per heavy atom. The van der Waals surface area contributed by atoms with Crippen LogP contribution in [0.2, 0.25) is 0 Å². The van der Waals surface area contributed by atoms with E-state index in [9.17, 15) is 0 Å². The Balaban J connectivity index is 1.11. The van der Waals surface area contributed by atoms with Crippen molar-refractivity contribution >= 4 is 110 Å². The van der Waals surface area contributed by atoms with Gasteiger partial charge in [0.1, 0.15) is 5.58 Å². The van der Waals surface area contributed by atoms with E-state index in [4.69, 9.17) is 4.42 Å². The van der Waals surface area contributed by atoms with Gasteiger partial charge in [-0.25, -0.2) is 0 Å². The third-order valence-corrected chi connectivity index (χ3v) is 14.0. The molecule has 13 rings (SSSR count). The molecule has 1 aromatic heterocycles. The number of anilines is 6. The lowest BCUT2D eigenvalue weighted by Gasteiger charge is -2.31. The predicted molar refractivity (Wildman–Crippen MR) is 263 cm³/mol. The van der Waals surface area contributed by atoms with Crippen LogP contribution in [0, 0.1) is 13.8 Å². The molecule has 0 amide bonds. The summed E-state index contributed by atoms with van der Waals surface area (Å²) in [5.74, 6) is 0. The van der Waals surface area contributed by atoms with Crippen LogP contribution in [0.5, 0.6) is 0 Å². The molecule has 0 radical (unpaired) electrons. The lowest BCUT2D eigenvalue weighted by atomic mass is 9.81. The molecule has 62 heavy (non-hydrogen) atoms. The summed E-state index contributed by atoms with van der Waals surface area (Å²) in [6.45, 7) is 9.19. The first kappa shape index (κ1) is 35.2. The van der Waals surface area contributed by atoms with Crippen molar-refractivity contribution in [3.05, 3.63) is 204 Å². The Hall–Kier alpha value is -7.62. The first-order valence-corrected chi connectivity index (χ1v) is 21.7. The summed E-state index contributed by atoms with van der Waals surface area (Å²) in [7, 11) is 0. The zero-order valence-corrected chi connectivity index (χ0v) is 35.1. The summed E-state index contributed by atoms with van der Waals surface area (Å²) in [6.07, 6.45) is 0. The number of para-hydroxylation sites is 4. The summed E-state index contributed by atoms with van der Waals surface area (Å²) in [5, 5.41) is 14.9. The second-order valence-electron chi connectivity index (χ2n) is 17.8. The fourth-order valence-corrected chi connectivity index (χ4v) is 11.0. The van der Waals surface area contributed by atoms with Crippen molar-refractivity contribution in [1.82, 2.24) is 0 Å². The molecule has 294 valence electrons. The van der Waals surface area contributed by atoms with Crippen LogP contribution >= 0.6 is 0 Å². The average molecular weight is 795 g/mol. The van der Waals surface area contributed by atoms with E-state index in [1.165, 1.54) is 87.5 Å². The average Bonchev–Trinajstić information content (AvgIpc) is 3.80. The van der Waals surface area contributed by atoms with Gasteiger partial charge in [-0.05, 0) is 128 Å². The Labute approximate surface area is 360 Å². The summed E-state index contributed by atoms with van der Waals surface area (Å²) >= 11 is 0. The molecule has 0 saturated carbocycles. The topological polar surface area (TPSA) is 19.6 Å². The van der Waals surface area contributed by atoms with Crippen molar-refractivity contribution in [3.63, 3.8) is 0 Å². The highest BCUT2D eigenvalue weighted by Crippen LogP contribution is 2.54. The molecule has 0 fully saturated rings. The van der Waals surface area contributed by atoms with Crippen LogP contribution in [-0.2, 0) is 5.41 Å². The second kappa shape index (κ2) is 12.7. The summed E-state index contributed by atoms with van der Waals surface area (Å²) in [6, 6.07) is 67.3. The third-order valence-electron chi connectivity index (χ3n) is 14.0. The first-order chi connectivity index (χ1) is 30.3. The maximum absolute atomic E-state index is 6.87. The molecule has 3 heteroatoms. The van der Waals surface area contributed by atoms with Crippen LogP contribution in [0.25, 0.3) is 75.8 Å². The molecular formula is C59H42N2O. The third kappa shape index (κ3) is 4.76. The number of hydrogen-bond donors (Lipinski definition) is 0. The number of nitrogens with zero attached hydrogens (tertiary/aromatic N) is 2. The fraction of sp³-hybridized carbons (Fsp3) is 0.0847. The highest BCUT2D eigenvalue weighted by Gasteiger charge is 2.35. The van der Waals surface area contributed by atoms with E-state index in [1.807, 2.05) is 0 Å². The van der Waals surface area contributed by atoms with Gasteiger partial charge >= 0.3 is 0 Å². The van der Waals surface area contributed by atoms with E-state index in [1.54, 1.807) is 0 Å². The highest BCUT2D eigenvalue weighted by molar-refractivity contribution is 6.28. The zero-order valence-electron chi connectivity index (χ0n) is 35.1. The van der Waals surface area contributed by atoms with Gasteiger partial charge in [-0.2, -0.15) is 0 Å². The Bertz CT molecular complexity index is 3790. The Morgan fingerprint density at radius 1 is 0.371 bits per heavy atom. The maximum atomic E-state index is 6.87. The van der Waals surface area contributed by atoms with Gasteiger partial charge in [0.15, 0.2) is 5.58 Å². The van der Waals surface area contributed by atoms with E-state index in [0.717, 1.165) is 44.7 Å². The standard InChI is InChI=1S/C59H42N2O/c1-35-13-5-8-19-48(35)61(49-20-9-6-14-36(49)2)51-32-28-39-25-29-44-50(31-27-38-26-30-45(51)55(39)54(38)44)60(52-21-12-17-43-42-16-7-10-22-53(42)62-58(43)52)41-33-40-24-23-37-15-11-18-46-56(37)57(40)47(34-41)59(46,3)4/h5-34H,1-4H3. The number of rotatable bonds is 6. The highest BCUT2D eigenvalue weighted by atomic mass is 16.3. The molecule has 0 bridgehead atoms. The fourth-order valence-electron chi connectivity index (χ4n) is 11.0. The van der Waals surface area contributed by atoms with E-state index in [-0.39, 0.29) is 5.41 Å². The van der Waals surface area contributed by atoms with E-state index >= 15 is 0 Å². The lowest BCUT2D eigenvalue weighted by molar-refractivity contribution is 0.662. The van der Waals surface area contributed by atoms with Crippen LogP contribution < -0.4 is 9.80 Å². The van der Waals surface area contributed by atoms with Gasteiger partial charge in [0.25, 0.3) is 0 Å². The molecule has 1 aliphatic rings. The smallest absolute Gasteiger partial charge is 0.159 e. The number of furan rings is 1. The molecule has 1 aliphatic carbocycles. The van der Waals surface area contributed by atoms with Gasteiger partial charge in [-0.1, -0.05) is 147 Å². The van der Waals surface area contributed by atoms with E-state index in [0.29, 0.717) is 0 Å². The van der Waals surface area contributed by atoms with Gasteiger partial charge in [0.05, 0.1) is 17.1 Å². The van der Waals surface area contributed by atoms with Crippen molar-refractivity contribution in [1.29, 1.82) is 0 Å². The lowest BCUT2D eigenvalue weighted by Crippen LogP contribution is -2.17. The normalized spacial score (nSPS) is 13.3. The first-order valence-electron chi connectivity index (χ1n) is 21.7. The molecule has 0 aliphatic heterocycles. The molecule has 3 nitrogen and oxygen atoms in total. The van der Waals surface area contributed by atoms with Gasteiger partial charge < -0.3 is 14.2 Å². The van der Waals surface area contributed by atoms with Gasteiger partial charge in [-0.3, -0.25) is 0 Å². The quantitative estimate of drug-likeness (QED) is 0.156. The molecule has 12 aromatic rings. The molecular weight excluding hydrogens is 753 g/mol. The minimum absolute atomic E-state index is 0.173. The molecule has 11 aromatic carbocycles. The van der Waals surface area contributed by atoms with Gasteiger partial charge in [0, 0.05) is 44.0 Å². The van der Waals surface area contributed by atoms with Crippen molar-refractivity contribution in [2.75, 3.05) is 9.80 Å². The summed E-state index contributed by atoms with van der Waals surface area (Å²) < 4.78 is 6.87. The SMILES string of the molecule is Cc1ccccc1N(c1ccccc1C)c1ccc2ccc3c(N(c4cc5c6c(ccc7cccc(c76)C5(C)C)c4)c4cccc5c4oc4ccccc45)ccc4ccc1c2c43. The second-order valence-corrected chi connectivity index (χ2v) is 17.8. The Kier molecular flexibility index (Phi) is 7.20. The van der Waals surface area contributed by atoms with Gasteiger partial charge in [0.2, 0.25) is 0 Å². The zero-order chi connectivity index (χ0) is 41.4. The molecule has 0 saturated heterocycles. The molecule has 1 heterocycles. The molecule has 0 unspecified atom stereocenters. The Morgan fingerprint density at radius 3 is 1.61 bits per heavy atom. The van der Waals surface area contributed by atoms with Crippen LogP contribution in [0.4, 0.5) is 34.1 Å². The molecule has 0 atom stereocenters. The van der Waals surface area contributed by atoms with E-state index in [2.05, 4.69) is 219 Å². The number of fused-ring (bicyclic) bond motifs is 3. The van der Waals surface area contributed by atoms with Crippen LogP contribution in [0.3, 0.4) is 0 Å². The van der Waals surface area contributed by atoms with Crippen molar-refractivity contribution in [3.8, 4) is 0 Å². The monoisotopic (exact) mass is 794 g/mol. The minimum Gasteiger partial charge on any atom is -0.454 e. The number of benzene rings is 11. The minimum atomic E-state index is -0.173. The number of hydrogen-bond acceptors (Lipinski definition) is 3. The molecule has 0 spiro atoms. The van der Waals surface area contributed by atoms with Crippen LogP contribution in [-0.4, -0.2) is 0 Å². The summed E-state index contributed by atoms with van der Waals surface area (Å²) in [4.78, 5) is 4.94. The van der Waals surface area contributed by atoms with Crippen molar-refractivity contribution < 1.29 is 4.42 Å². The van der Waals surface area contributed by atoms with Crippen LogP contribution in [0.1, 0.15) is 36.1 Å². The largest absolute Gasteiger partial charge is 0.454 e. The van der Waals surface area contributed by atoms with Crippen LogP contribution in [0.15, 0.2) is 186 Å². The van der Waals surface area contributed by atoms with E-state index < -0.39 is 0 Å². The van der Waals surface area contributed by atoms with Gasteiger partial charge in [-0.15, -0.1) is 0 Å². The number of aryl methyl sites for hydroxylation is 2. The molecule has 0 N–H and O–H groups in total.